The highest BCUT2D eigenvalue weighted by molar-refractivity contribution is 5.91. The highest BCUT2D eigenvalue weighted by Gasteiger charge is 2.05. The van der Waals surface area contributed by atoms with Crippen LogP contribution in [0.15, 0.2) is 48.7 Å². The number of nitriles is 1. The molecule has 1 aromatic carbocycles. The molecular weight excluding hydrogens is 276 g/mol. The van der Waals surface area contributed by atoms with Crippen LogP contribution in [0.2, 0.25) is 0 Å². The number of nitrogens with zero attached hydrogens (tertiary/aromatic N) is 3. The fraction of sp³-hybridized carbons (Fsp3) is 0.118. The number of anilines is 1. The van der Waals surface area contributed by atoms with Crippen molar-refractivity contribution >= 4 is 16.6 Å². The molecule has 1 N–H and O–H groups in total. The molecule has 3 rings (SSSR count). The fourth-order valence-corrected chi connectivity index (χ4v) is 2.25. The number of fused-ring (bicyclic) bond motifs is 1. The zero-order valence-electron chi connectivity index (χ0n) is 12.1. The number of rotatable bonds is 4. The van der Waals surface area contributed by atoms with Gasteiger partial charge in [0.15, 0.2) is 0 Å². The van der Waals surface area contributed by atoms with Crippen LogP contribution in [-0.4, -0.2) is 17.1 Å². The van der Waals surface area contributed by atoms with E-state index >= 15 is 0 Å². The number of para-hydroxylation sites is 1. The van der Waals surface area contributed by atoms with Crippen LogP contribution in [0.1, 0.15) is 11.3 Å². The van der Waals surface area contributed by atoms with Gasteiger partial charge in [-0.3, -0.25) is 0 Å². The largest absolute Gasteiger partial charge is 0.481 e. The average molecular weight is 290 g/mol. The Hall–Kier alpha value is -3.13. The fourth-order valence-electron chi connectivity index (χ4n) is 2.25. The normalized spacial score (nSPS) is 10.2. The lowest BCUT2D eigenvalue weighted by Gasteiger charge is -2.10. The summed E-state index contributed by atoms with van der Waals surface area (Å²) in [6, 6.07) is 15.4. The van der Waals surface area contributed by atoms with Crippen molar-refractivity contribution in [1.29, 1.82) is 5.26 Å². The van der Waals surface area contributed by atoms with E-state index in [1.165, 1.54) is 0 Å². The molecule has 2 heterocycles. The Kier molecular flexibility index (Phi) is 3.84. The summed E-state index contributed by atoms with van der Waals surface area (Å²) in [4.78, 5) is 8.39. The minimum absolute atomic E-state index is 0.397. The molecule has 0 spiro atoms. The third-order valence-corrected chi connectivity index (χ3v) is 3.32. The molecule has 0 saturated carbocycles. The smallest absolute Gasteiger partial charge is 0.213 e. The molecule has 5 heteroatoms. The first-order chi connectivity index (χ1) is 10.8. The second kappa shape index (κ2) is 6.10. The standard InChI is InChI=1S/C17H14N4O/c1-22-17-8-12(6-7-19-17)11-20-16-9-13(10-18)21-15-5-3-2-4-14(15)16/h2-9H,11H2,1H3,(H,20,21). The summed E-state index contributed by atoms with van der Waals surface area (Å²) in [7, 11) is 1.59. The van der Waals surface area contributed by atoms with Crippen LogP contribution < -0.4 is 10.1 Å². The molecule has 108 valence electrons. The summed E-state index contributed by atoms with van der Waals surface area (Å²) < 4.78 is 5.12. The van der Waals surface area contributed by atoms with Crippen molar-refractivity contribution in [3.05, 3.63) is 59.9 Å². The molecule has 2 aromatic heterocycles. The number of aromatic nitrogens is 2. The van der Waals surface area contributed by atoms with Crippen molar-refractivity contribution in [3.8, 4) is 11.9 Å². The molecule has 3 aromatic rings. The van der Waals surface area contributed by atoms with Gasteiger partial charge in [0.25, 0.3) is 0 Å². The van der Waals surface area contributed by atoms with Gasteiger partial charge in [-0.15, -0.1) is 0 Å². The summed E-state index contributed by atoms with van der Waals surface area (Å²) in [6.45, 7) is 0.609. The number of benzene rings is 1. The van der Waals surface area contributed by atoms with E-state index in [-0.39, 0.29) is 0 Å². The Morgan fingerprint density at radius 3 is 2.91 bits per heavy atom. The molecule has 0 saturated heterocycles. The minimum atomic E-state index is 0.397. The van der Waals surface area contributed by atoms with Gasteiger partial charge >= 0.3 is 0 Å². The van der Waals surface area contributed by atoms with E-state index < -0.39 is 0 Å². The maximum Gasteiger partial charge on any atom is 0.213 e. The van der Waals surface area contributed by atoms with Crippen molar-refractivity contribution in [2.24, 2.45) is 0 Å². The monoisotopic (exact) mass is 290 g/mol. The number of methoxy groups -OCH3 is 1. The van der Waals surface area contributed by atoms with Crippen LogP contribution in [-0.2, 0) is 6.54 Å². The molecule has 0 amide bonds. The third kappa shape index (κ3) is 2.81. The molecule has 0 atom stereocenters. The number of pyridine rings is 2. The Balaban J connectivity index is 1.91. The predicted octanol–water partition coefficient (Wildman–Crippen LogP) is 3.12. The van der Waals surface area contributed by atoms with Crippen LogP contribution in [0.5, 0.6) is 5.88 Å². The third-order valence-electron chi connectivity index (χ3n) is 3.32. The second-order valence-corrected chi connectivity index (χ2v) is 4.74. The summed E-state index contributed by atoms with van der Waals surface area (Å²) in [5.41, 5.74) is 3.13. The van der Waals surface area contributed by atoms with Crippen molar-refractivity contribution in [3.63, 3.8) is 0 Å². The molecule has 0 aliphatic rings. The molecule has 22 heavy (non-hydrogen) atoms. The van der Waals surface area contributed by atoms with E-state index in [2.05, 4.69) is 21.4 Å². The van der Waals surface area contributed by atoms with Crippen LogP contribution in [0.4, 0.5) is 5.69 Å². The quantitative estimate of drug-likeness (QED) is 0.799. The molecular formula is C17H14N4O. The van der Waals surface area contributed by atoms with Crippen molar-refractivity contribution in [1.82, 2.24) is 9.97 Å². The van der Waals surface area contributed by atoms with E-state index in [9.17, 15) is 0 Å². The van der Waals surface area contributed by atoms with Gasteiger partial charge in [0, 0.05) is 29.9 Å². The zero-order valence-corrected chi connectivity index (χ0v) is 12.1. The maximum atomic E-state index is 9.11. The highest BCUT2D eigenvalue weighted by atomic mass is 16.5. The van der Waals surface area contributed by atoms with Crippen molar-refractivity contribution in [2.45, 2.75) is 6.54 Å². The Morgan fingerprint density at radius 1 is 1.23 bits per heavy atom. The number of ether oxygens (including phenoxy) is 1. The topological polar surface area (TPSA) is 70.8 Å². The van der Waals surface area contributed by atoms with Crippen molar-refractivity contribution in [2.75, 3.05) is 12.4 Å². The Bertz CT molecular complexity index is 855. The van der Waals surface area contributed by atoms with Gasteiger partial charge in [0.05, 0.1) is 12.6 Å². The summed E-state index contributed by atoms with van der Waals surface area (Å²) in [6.07, 6.45) is 1.71. The Labute approximate surface area is 128 Å². The SMILES string of the molecule is COc1cc(CNc2cc(C#N)nc3ccccc23)ccn1. The van der Waals surface area contributed by atoms with E-state index in [1.54, 1.807) is 19.4 Å². The lowest BCUT2D eigenvalue weighted by atomic mass is 10.1. The van der Waals surface area contributed by atoms with Gasteiger partial charge in [-0.05, 0) is 23.8 Å². The van der Waals surface area contributed by atoms with Crippen LogP contribution in [0.3, 0.4) is 0 Å². The molecule has 0 unspecified atom stereocenters. The molecule has 0 aliphatic heterocycles. The van der Waals surface area contributed by atoms with E-state index in [1.807, 2.05) is 36.4 Å². The molecule has 0 radical (unpaired) electrons. The van der Waals surface area contributed by atoms with E-state index in [0.29, 0.717) is 18.1 Å². The van der Waals surface area contributed by atoms with Gasteiger partial charge in [0.1, 0.15) is 11.8 Å². The van der Waals surface area contributed by atoms with E-state index in [0.717, 1.165) is 22.2 Å². The second-order valence-electron chi connectivity index (χ2n) is 4.74. The number of nitrogens with one attached hydrogen (secondary N) is 1. The average Bonchev–Trinajstić information content (AvgIpc) is 2.59. The molecule has 5 nitrogen and oxygen atoms in total. The first-order valence-electron chi connectivity index (χ1n) is 6.83. The Morgan fingerprint density at radius 2 is 2.09 bits per heavy atom. The zero-order chi connectivity index (χ0) is 15.4. The van der Waals surface area contributed by atoms with Gasteiger partial charge in [-0.25, -0.2) is 9.97 Å². The summed E-state index contributed by atoms with van der Waals surface area (Å²) in [5.74, 6) is 0.580. The van der Waals surface area contributed by atoms with Crippen LogP contribution in [0, 0.1) is 11.3 Å². The lowest BCUT2D eigenvalue weighted by Crippen LogP contribution is -2.02. The highest BCUT2D eigenvalue weighted by Crippen LogP contribution is 2.23. The minimum Gasteiger partial charge on any atom is -0.481 e. The van der Waals surface area contributed by atoms with Gasteiger partial charge < -0.3 is 10.1 Å². The van der Waals surface area contributed by atoms with Gasteiger partial charge in [0.2, 0.25) is 5.88 Å². The van der Waals surface area contributed by atoms with Gasteiger partial charge in [-0.1, -0.05) is 18.2 Å². The molecule has 0 fully saturated rings. The number of hydrogen-bond acceptors (Lipinski definition) is 5. The van der Waals surface area contributed by atoms with Crippen LogP contribution in [0.25, 0.3) is 10.9 Å². The van der Waals surface area contributed by atoms with Crippen molar-refractivity contribution < 1.29 is 4.74 Å². The summed E-state index contributed by atoms with van der Waals surface area (Å²) >= 11 is 0. The molecule has 0 bridgehead atoms. The summed E-state index contributed by atoms with van der Waals surface area (Å²) in [5, 5.41) is 13.5. The first kappa shape index (κ1) is 13.8. The lowest BCUT2D eigenvalue weighted by molar-refractivity contribution is 0.397. The van der Waals surface area contributed by atoms with E-state index in [4.69, 9.17) is 10.00 Å². The molecule has 0 aliphatic carbocycles. The van der Waals surface area contributed by atoms with Crippen LogP contribution >= 0.6 is 0 Å². The maximum absolute atomic E-state index is 9.11. The van der Waals surface area contributed by atoms with Gasteiger partial charge in [-0.2, -0.15) is 5.26 Å². The first-order valence-corrected chi connectivity index (χ1v) is 6.83. The predicted molar refractivity (Wildman–Crippen MR) is 84.6 cm³/mol. The number of hydrogen-bond donors (Lipinski definition) is 1.